The first-order chi connectivity index (χ1) is 28.4. The highest BCUT2D eigenvalue weighted by Crippen LogP contribution is 2.33. The normalized spacial score (nSPS) is 18.9. The van der Waals surface area contributed by atoms with Gasteiger partial charge in [-0.15, -0.1) is 4.68 Å². The summed E-state index contributed by atoms with van der Waals surface area (Å²) >= 11 is 0. The number of carbonyl (C=O) groups is 4. The number of ether oxygens (including phenoxy) is 1. The Hall–Kier alpha value is -6.80. The van der Waals surface area contributed by atoms with E-state index in [4.69, 9.17) is 31.3 Å². The van der Waals surface area contributed by atoms with Gasteiger partial charge in [0.2, 0.25) is 23.7 Å². The van der Waals surface area contributed by atoms with Crippen LogP contribution in [-0.4, -0.2) is 98.5 Å². The smallest absolute Gasteiger partial charge is 0.331 e. The molecule has 3 aliphatic rings. The first-order valence-corrected chi connectivity index (χ1v) is 19.6. The van der Waals surface area contributed by atoms with E-state index in [0.717, 1.165) is 37.4 Å². The van der Waals surface area contributed by atoms with Gasteiger partial charge in [0.25, 0.3) is 11.7 Å². The number of nitrogens with two attached hydrogens (primary N) is 2. The number of aryl methyl sites for hydroxylation is 4. The van der Waals surface area contributed by atoms with Crippen molar-refractivity contribution in [1.29, 1.82) is 0 Å². The Morgan fingerprint density at radius 1 is 0.847 bits per heavy atom. The highest BCUT2D eigenvalue weighted by Gasteiger charge is 2.39. The fraction of sp³-hybridized carbons (Fsp3) is 0.385. The third-order valence-electron chi connectivity index (χ3n) is 11.4. The number of carbonyl (C=O) groups excluding carboxylic acids is 4. The number of primary amides is 2. The number of likely N-dealkylation sites (tertiary alicyclic amines) is 1. The molecule has 59 heavy (non-hydrogen) atoms. The molecule has 2 atom stereocenters. The van der Waals surface area contributed by atoms with Gasteiger partial charge in [-0.2, -0.15) is 9.67 Å². The van der Waals surface area contributed by atoms with Gasteiger partial charge in [-0.1, -0.05) is 12.2 Å². The van der Waals surface area contributed by atoms with Gasteiger partial charge in [0, 0.05) is 74.9 Å². The number of fused-ring (bicyclic) bond motifs is 10. The van der Waals surface area contributed by atoms with Crippen molar-refractivity contribution in [2.24, 2.45) is 23.3 Å². The lowest BCUT2D eigenvalue weighted by Gasteiger charge is -2.19. The van der Waals surface area contributed by atoms with Crippen LogP contribution in [0.3, 0.4) is 0 Å². The SMILES string of the molecule is CCn1nc(C)c2c1C(=O)Nc1nc3cc(C(N)=O)cc(CN4CC5COC[C@H]5C4)c3n1C/C=C/Cn1c(nc3cc(C(N)=O)cnc31)NC(=O)c1n(CC)nc(C)[n+]1-2. The van der Waals surface area contributed by atoms with E-state index in [9.17, 15) is 19.2 Å². The molecule has 0 saturated carbocycles. The molecule has 4 amide bonds. The molecule has 20 heteroatoms. The summed E-state index contributed by atoms with van der Waals surface area (Å²) in [6, 6.07) is 4.99. The van der Waals surface area contributed by atoms with Crippen molar-refractivity contribution >= 4 is 57.7 Å². The van der Waals surface area contributed by atoms with Crippen molar-refractivity contribution in [3.05, 3.63) is 76.3 Å². The second-order valence-electron chi connectivity index (χ2n) is 15.1. The van der Waals surface area contributed by atoms with Gasteiger partial charge in [0.1, 0.15) is 12.1 Å². The quantitative estimate of drug-likeness (QED) is 0.139. The van der Waals surface area contributed by atoms with Gasteiger partial charge < -0.3 is 20.8 Å². The van der Waals surface area contributed by atoms with Crippen LogP contribution < -0.4 is 26.7 Å². The van der Waals surface area contributed by atoms with E-state index in [0.29, 0.717) is 70.9 Å². The molecule has 0 aliphatic carbocycles. The fourth-order valence-electron chi connectivity index (χ4n) is 8.67. The standard InChI is InChI=1S/C39H43N15O5/c1-5-52-31-29(20(3)47-52)54-21(4)48-53(6-2)37(54)36(58)46-39-44-28-13-23(33(41)56)14-42-34(28)51(39)10-8-7-9-50-30-24(15-49-16-25-18-59-19-26(25)17-49)11-22(32(40)55)12-27(30)43-38(50)45-35(31)57/h7-8,11-14,25-26H,5-6,9-10,15-19H2,1-4H3,(H5-,40,41,43,44,45,46,55,56,57,58)/p+1/b8-7+/t25-,26?/m1/s1. The van der Waals surface area contributed by atoms with Crippen molar-refractivity contribution in [2.75, 3.05) is 36.9 Å². The highest BCUT2D eigenvalue weighted by molar-refractivity contribution is 6.06. The molecule has 0 bridgehead atoms. The van der Waals surface area contributed by atoms with Gasteiger partial charge in [-0.3, -0.25) is 44.0 Å². The lowest BCUT2D eigenvalue weighted by atomic mass is 10.0. The lowest BCUT2D eigenvalue weighted by Crippen LogP contribution is -2.44. The molecule has 304 valence electrons. The number of allylic oxidation sites excluding steroid dienone is 2. The Balaban J connectivity index is 1.25. The third-order valence-corrected chi connectivity index (χ3v) is 11.4. The summed E-state index contributed by atoms with van der Waals surface area (Å²) in [4.78, 5) is 70.5. The molecule has 0 spiro atoms. The minimum atomic E-state index is -0.664. The zero-order valence-electron chi connectivity index (χ0n) is 33.1. The zero-order chi connectivity index (χ0) is 41.3. The van der Waals surface area contributed by atoms with Crippen molar-refractivity contribution in [3.63, 3.8) is 0 Å². The van der Waals surface area contributed by atoms with Crippen LogP contribution in [0, 0.1) is 25.7 Å². The predicted octanol–water partition coefficient (Wildman–Crippen LogP) is 1.46. The second kappa shape index (κ2) is 14.5. The molecule has 1 unspecified atom stereocenters. The molecule has 6 N–H and O–H groups in total. The van der Waals surface area contributed by atoms with Crippen LogP contribution in [0.4, 0.5) is 11.9 Å². The van der Waals surface area contributed by atoms with Crippen LogP contribution in [0.25, 0.3) is 27.9 Å². The number of anilines is 2. The number of rotatable bonds is 6. The number of hydrogen-bond acceptors (Lipinski definition) is 11. The minimum Gasteiger partial charge on any atom is -0.381 e. The number of imidazole rings is 2. The fourth-order valence-corrected chi connectivity index (χ4v) is 8.67. The van der Waals surface area contributed by atoms with Crippen molar-refractivity contribution < 1.29 is 28.5 Å². The topological polar surface area (TPSA) is 245 Å². The van der Waals surface area contributed by atoms with Crippen LogP contribution in [0.15, 0.2) is 36.5 Å². The number of nitrogens with zero attached hydrogens (tertiary/aromatic N) is 11. The first kappa shape index (κ1) is 37.8. The second-order valence-corrected chi connectivity index (χ2v) is 15.1. The number of aromatic nitrogens is 10. The molecule has 9 rings (SSSR count). The van der Waals surface area contributed by atoms with Gasteiger partial charge in [0.05, 0.1) is 35.5 Å². The molecular formula is C39H44N15O5+. The molecule has 1 aromatic carbocycles. The summed E-state index contributed by atoms with van der Waals surface area (Å²) < 4.78 is 14.1. The van der Waals surface area contributed by atoms with Gasteiger partial charge >= 0.3 is 11.7 Å². The van der Waals surface area contributed by atoms with E-state index in [1.165, 1.54) is 12.3 Å². The summed E-state index contributed by atoms with van der Waals surface area (Å²) in [5, 5.41) is 15.5. The lowest BCUT2D eigenvalue weighted by molar-refractivity contribution is -0.606. The Morgan fingerprint density at radius 3 is 2.19 bits per heavy atom. The number of pyridine rings is 1. The summed E-state index contributed by atoms with van der Waals surface area (Å²) in [5.41, 5.74) is 15.8. The molecule has 2 saturated heterocycles. The largest absolute Gasteiger partial charge is 0.381 e. The van der Waals surface area contributed by atoms with Crippen LogP contribution in [-0.2, 0) is 37.5 Å². The number of hydrogen-bond donors (Lipinski definition) is 4. The molecule has 8 heterocycles. The molecular weight excluding hydrogens is 759 g/mol. The van der Waals surface area contributed by atoms with E-state index in [1.807, 2.05) is 36.6 Å². The predicted molar refractivity (Wildman–Crippen MR) is 213 cm³/mol. The van der Waals surface area contributed by atoms with E-state index in [-0.39, 0.29) is 42.1 Å². The first-order valence-electron chi connectivity index (χ1n) is 19.6. The molecule has 2 fully saturated rings. The van der Waals surface area contributed by atoms with E-state index < -0.39 is 23.6 Å². The summed E-state index contributed by atoms with van der Waals surface area (Å²) in [6.45, 7) is 12.1. The number of benzene rings is 1. The van der Waals surface area contributed by atoms with E-state index >= 15 is 0 Å². The van der Waals surface area contributed by atoms with E-state index in [2.05, 4.69) is 25.6 Å². The molecule has 0 radical (unpaired) electrons. The van der Waals surface area contributed by atoms with Crippen molar-refractivity contribution in [2.45, 2.75) is 60.4 Å². The van der Waals surface area contributed by atoms with Crippen LogP contribution >= 0.6 is 0 Å². The maximum atomic E-state index is 14.8. The summed E-state index contributed by atoms with van der Waals surface area (Å²) in [6.07, 6.45) is 5.17. The van der Waals surface area contributed by atoms with Crippen LogP contribution in [0.5, 0.6) is 0 Å². The van der Waals surface area contributed by atoms with Crippen LogP contribution in [0.2, 0.25) is 0 Å². The Bertz CT molecular complexity index is 2760. The molecule has 3 aliphatic heterocycles. The van der Waals surface area contributed by atoms with Gasteiger partial charge in [-0.05, 0) is 44.5 Å². The van der Waals surface area contributed by atoms with Crippen molar-refractivity contribution in [1.82, 2.24) is 48.5 Å². The average Bonchev–Trinajstić information content (AvgIpc) is 4.04. The Labute approximate surface area is 336 Å². The minimum absolute atomic E-state index is 0.123. The number of nitrogens with one attached hydrogen (secondary N) is 2. The van der Waals surface area contributed by atoms with Crippen molar-refractivity contribution in [3.8, 4) is 5.69 Å². The molecule has 6 aromatic rings. The zero-order valence-corrected chi connectivity index (χ0v) is 33.1. The van der Waals surface area contributed by atoms with E-state index in [1.54, 1.807) is 38.4 Å². The molecule has 5 aromatic heterocycles. The van der Waals surface area contributed by atoms with Crippen LogP contribution in [0.1, 0.15) is 72.8 Å². The maximum absolute atomic E-state index is 14.8. The monoisotopic (exact) mass is 802 g/mol. The summed E-state index contributed by atoms with van der Waals surface area (Å²) in [7, 11) is 0. The third kappa shape index (κ3) is 6.40. The maximum Gasteiger partial charge on any atom is 0.331 e. The Kier molecular flexibility index (Phi) is 9.31. The average molecular weight is 803 g/mol. The summed E-state index contributed by atoms with van der Waals surface area (Å²) in [5.74, 6) is -0.476. The Morgan fingerprint density at radius 2 is 1.49 bits per heavy atom. The van der Waals surface area contributed by atoms with Gasteiger partial charge in [-0.25, -0.2) is 15.0 Å². The molecule has 20 nitrogen and oxygen atoms in total. The highest BCUT2D eigenvalue weighted by atomic mass is 16.5. The number of amides is 4. The van der Waals surface area contributed by atoms with Gasteiger partial charge in [0.15, 0.2) is 17.0 Å².